The monoisotopic (exact) mass is 715 g/mol. The summed E-state index contributed by atoms with van der Waals surface area (Å²) in [5.74, 6) is 2.47. The highest BCUT2D eigenvalue weighted by molar-refractivity contribution is 5.93. The van der Waals surface area contributed by atoms with E-state index in [9.17, 15) is 0 Å². The second kappa shape index (κ2) is 12.9. The van der Waals surface area contributed by atoms with Crippen LogP contribution in [0.15, 0.2) is 200 Å². The molecule has 9 aromatic rings. The lowest BCUT2D eigenvalue weighted by Crippen LogP contribution is -2.32. The second-order valence-corrected chi connectivity index (χ2v) is 14.4. The molecule has 0 unspecified atom stereocenters. The Hall–Kier alpha value is -7.43. The first-order valence-electron chi connectivity index (χ1n) is 18.9. The summed E-state index contributed by atoms with van der Waals surface area (Å²) in [6.07, 6.45) is 3.72. The Labute approximate surface area is 325 Å². The fourth-order valence-corrected chi connectivity index (χ4v) is 8.74. The topological polar surface area (TPSA) is 47.9 Å². The van der Waals surface area contributed by atoms with Gasteiger partial charge in [0.05, 0.1) is 16.8 Å². The van der Waals surface area contributed by atoms with E-state index in [1.165, 1.54) is 22.3 Å². The minimum atomic E-state index is -0.546. The highest BCUT2D eigenvalue weighted by atomic mass is 16.5. The molecule has 0 saturated heterocycles. The molecule has 1 aliphatic carbocycles. The van der Waals surface area contributed by atoms with Gasteiger partial charge in [0.1, 0.15) is 11.5 Å². The molecule has 7 aromatic carbocycles. The van der Waals surface area contributed by atoms with Gasteiger partial charge < -0.3 is 4.74 Å². The number of pyridine rings is 1. The zero-order valence-electron chi connectivity index (χ0n) is 30.3. The van der Waals surface area contributed by atoms with Gasteiger partial charge >= 0.3 is 0 Å². The standard InChI is InChI=1S/C52H33N3O/c1-3-12-35(13-4-1)47-33-48(55-51(54-47)36-14-5-2-6-15-36)40-17-11-16-37(30-40)39-23-25-44-42(32-39)41-31-38(34-26-28-53-29-27-34)22-24-43(41)52(44)45-18-7-9-20-49(45)56-50-21-10-8-19-46(50)52/h1-33H. The number of fused-ring (bicyclic) bond motifs is 9. The minimum Gasteiger partial charge on any atom is -0.457 e. The fraction of sp³-hybridized carbons (Fsp3) is 0.0192. The molecule has 2 aromatic heterocycles. The highest BCUT2D eigenvalue weighted by Gasteiger charge is 2.51. The number of benzene rings is 7. The molecule has 56 heavy (non-hydrogen) atoms. The van der Waals surface area contributed by atoms with Gasteiger partial charge in [0.2, 0.25) is 0 Å². The van der Waals surface area contributed by atoms with Crippen molar-refractivity contribution in [2.75, 3.05) is 0 Å². The van der Waals surface area contributed by atoms with Crippen molar-refractivity contribution in [3.05, 3.63) is 223 Å². The van der Waals surface area contributed by atoms with Gasteiger partial charge in [0.25, 0.3) is 0 Å². The van der Waals surface area contributed by atoms with E-state index in [2.05, 4.69) is 157 Å². The third-order valence-electron chi connectivity index (χ3n) is 11.3. The van der Waals surface area contributed by atoms with Crippen LogP contribution in [-0.4, -0.2) is 15.0 Å². The molecule has 2 aliphatic rings. The summed E-state index contributed by atoms with van der Waals surface area (Å²) in [6.45, 7) is 0. The fourth-order valence-electron chi connectivity index (χ4n) is 8.74. The van der Waals surface area contributed by atoms with E-state index in [0.717, 1.165) is 73.0 Å². The smallest absolute Gasteiger partial charge is 0.160 e. The van der Waals surface area contributed by atoms with E-state index in [-0.39, 0.29) is 0 Å². The maximum Gasteiger partial charge on any atom is 0.160 e. The van der Waals surface area contributed by atoms with Crippen LogP contribution in [0.4, 0.5) is 0 Å². The second-order valence-electron chi connectivity index (χ2n) is 14.4. The van der Waals surface area contributed by atoms with E-state index < -0.39 is 5.41 Å². The highest BCUT2D eigenvalue weighted by Crippen LogP contribution is 2.62. The summed E-state index contributed by atoms with van der Waals surface area (Å²) in [5, 5.41) is 0. The molecule has 0 fully saturated rings. The van der Waals surface area contributed by atoms with Crippen molar-refractivity contribution >= 4 is 0 Å². The van der Waals surface area contributed by atoms with Crippen molar-refractivity contribution in [2.45, 2.75) is 5.41 Å². The molecule has 0 radical (unpaired) electrons. The Morgan fingerprint density at radius 3 is 1.48 bits per heavy atom. The van der Waals surface area contributed by atoms with Crippen LogP contribution in [0.25, 0.3) is 67.3 Å². The van der Waals surface area contributed by atoms with Crippen molar-refractivity contribution in [3.63, 3.8) is 0 Å². The third-order valence-corrected chi connectivity index (χ3v) is 11.3. The van der Waals surface area contributed by atoms with Crippen LogP contribution in [-0.2, 0) is 5.41 Å². The largest absolute Gasteiger partial charge is 0.457 e. The van der Waals surface area contributed by atoms with Crippen molar-refractivity contribution in [1.29, 1.82) is 0 Å². The van der Waals surface area contributed by atoms with Gasteiger partial charge in [-0.3, -0.25) is 4.98 Å². The Morgan fingerprint density at radius 1 is 0.339 bits per heavy atom. The minimum absolute atomic E-state index is 0.546. The van der Waals surface area contributed by atoms with Crippen molar-refractivity contribution in [1.82, 2.24) is 15.0 Å². The van der Waals surface area contributed by atoms with Crippen molar-refractivity contribution in [3.8, 4) is 78.8 Å². The Bertz CT molecular complexity index is 2840. The zero-order chi connectivity index (χ0) is 37.1. The summed E-state index contributed by atoms with van der Waals surface area (Å²) in [4.78, 5) is 14.4. The molecule has 4 nitrogen and oxygen atoms in total. The number of aromatic nitrogens is 3. The lowest BCUT2D eigenvalue weighted by molar-refractivity contribution is 0.436. The molecule has 1 aliphatic heterocycles. The summed E-state index contributed by atoms with van der Waals surface area (Å²) in [6, 6.07) is 66.5. The summed E-state index contributed by atoms with van der Waals surface area (Å²) < 4.78 is 6.59. The van der Waals surface area contributed by atoms with Crippen LogP contribution in [0.3, 0.4) is 0 Å². The number of para-hydroxylation sites is 2. The Morgan fingerprint density at radius 2 is 0.839 bits per heavy atom. The lowest BCUT2D eigenvalue weighted by Gasteiger charge is -2.39. The lowest BCUT2D eigenvalue weighted by atomic mass is 9.66. The first-order valence-corrected chi connectivity index (χ1v) is 18.9. The summed E-state index contributed by atoms with van der Waals surface area (Å²) in [7, 11) is 0. The summed E-state index contributed by atoms with van der Waals surface area (Å²) in [5.41, 5.74) is 16.1. The van der Waals surface area contributed by atoms with Gasteiger partial charge in [0, 0.05) is 40.2 Å². The average Bonchev–Trinajstić information content (AvgIpc) is 3.56. The number of hydrogen-bond acceptors (Lipinski definition) is 4. The van der Waals surface area contributed by atoms with Gasteiger partial charge in [-0.2, -0.15) is 0 Å². The zero-order valence-corrected chi connectivity index (χ0v) is 30.3. The average molecular weight is 716 g/mol. The SMILES string of the molecule is c1ccc(-c2cc(-c3cccc(-c4ccc5c(c4)-c4cc(-c6ccncc6)ccc4C54c5ccccc5Oc5ccccc54)c3)nc(-c3ccccc3)n2)cc1. The van der Waals surface area contributed by atoms with Crippen molar-refractivity contribution in [2.24, 2.45) is 0 Å². The summed E-state index contributed by atoms with van der Waals surface area (Å²) >= 11 is 0. The quantitative estimate of drug-likeness (QED) is 0.178. The molecular weight excluding hydrogens is 683 g/mol. The molecular formula is C52H33N3O. The number of ether oxygens (including phenoxy) is 1. The van der Waals surface area contributed by atoms with Gasteiger partial charge in [-0.05, 0) is 93.0 Å². The molecule has 0 atom stereocenters. The van der Waals surface area contributed by atoms with Crippen molar-refractivity contribution < 1.29 is 4.74 Å². The molecule has 262 valence electrons. The number of nitrogens with zero attached hydrogens (tertiary/aromatic N) is 3. The molecule has 0 bridgehead atoms. The number of rotatable bonds is 5. The third kappa shape index (κ3) is 5.04. The van der Waals surface area contributed by atoms with E-state index in [4.69, 9.17) is 14.7 Å². The van der Waals surface area contributed by atoms with Crippen LogP contribution < -0.4 is 4.74 Å². The molecule has 11 rings (SSSR count). The Kier molecular flexibility index (Phi) is 7.36. The number of hydrogen-bond donors (Lipinski definition) is 0. The first kappa shape index (κ1) is 32.0. The molecule has 0 amide bonds. The van der Waals surface area contributed by atoms with E-state index >= 15 is 0 Å². The normalized spacial score (nSPS) is 12.9. The Balaban J connectivity index is 1.10. The van der Waals surface area contributed by atoms with E-state index in [0.29, 0.717) is 5.82 Å². The predicted octanol–water partition coefficient (Wildman–Crippen LogP) is 12.7. The van der Waals surface area contributed by atoms with Crippen LogP contribution >= 0.6 is 0 Å². The van der Waals surface area contributed by atoms with E-state index in [1.54, 1.807) is 0 Å². The van der Waals surface area contributed by atoms with Crippen LogP contribution in [0.1, 0.15) is 22.3 Å². The van der Waals surface area contributed by atoms with Crippen LogP contribution in [0, 0.1) is 0 Å². The predicted molar refractivity (Wildman–Crippen MR) is 224 cm³/mol. The molecule has 0 N–H and O–H groups in total. The maximum atomic E-state index is 6.59. The van der Waals surface area contributed by atoms with Crippen LogP contribution in [0.2, 0.25) is 0 Å². The van der Waals surface area contributed by atoms with Gasteiger partial charge in [-0.1, -0.05) is 140 Å². The van der Waals surface area contributed by atoms with Gasteiger partial charge in [-0.15, -0.1) is 0 Å². The first-order chi connectivity index (χ1) is 27.7. The molecule has 4 heteroatoms. The molecule has 3 heterocycles. The maximum absolute atomic E-state index is 6.59. The van der Waals surface area contributed by atoms with Gasteiger partial charge in [-0.25, -0.2) is 9.97 Å². The van der Waals surface area contributed by atoms with Crippen LogP contribution in [0.5, 0.6) is 11.5 Å². The molecule has 1 spiro atoms. The van der Waals surface area contributed by atoms with E-state index in [1.807, 2.05) is 48.8 Å². The molecule has 0 saturated carbocycles. The van der Waals surface area contributed by atoms with Gasteiger partial charge in [0.15, 0.2) is 5.82 Å².